The van der Waals surface area contributed by atoms with E-state index < -0.39 is 0 Å². The van der Waals surface area contributed by atoms with Gasteiger partial charge < -0.3 is 4.74 Å². The maximum atomic E-state index is 13.1. The SMILES string of the molecule is COc1ccc(C(CC(=O)c2ccc(C(C)(C)C)cc2)c2ccc(Cl)cc2)cc1. The molecule has 0 N–H and O–H groups in total. The second-order valence-corrected chi connectivity index (χ2v) is 8.77. The second kappa shape index (κ2) is 8.84. The summed E-state index contributed by atoms with van der Waals surface area (Å²) in [5, 5.41) is 0.686. The van der Waals surface area contributed by atoms with E-state index in [1.807, 2.05) is 60.7 Å². The van der Waals surface area contributed by atoms with Gasteiger partial charge >= 0.3 is 0 Å². The van der Waals surface area contributed by atoms with Gasteiger partial charge in [0, 0.05) is 22.9 Å². The Morgan fingerprint density at radius 3 is 1.86 bits per heavy atom. The smallest absolute Gasteiger partial charge is 0.163 e. The predicted molar refractivity (Wildman–Crippen MR) is 120 cm³/mol. The van der Waals surface area contributed by atoms with E-state index in [0.717, 1.165) is 22.4 Å². The van der Waals surface area contributed by atoms with Crippen molar-refractivity contribution in [2.45, 2.75) is 38.5 Å². The monoisotopic (exact) mass is 406 g/mol. The van der Waals surface area contributed by atoms with Crippen LogP contribution in [0.2, 0.25) is 5.02 Å². The summed E-state index contributed by atoms with van der Waals surface area (Å²) < 4.78 is 5.27. The van der Waals surface area contributed by atoms with Gasteiger partial charge in [-0.25, -0.2) is 0 Å². The molecular weight excluding hydrogens is 380 g/mol. The topological polar surface area (TPSA) is 26.3 Å². The molecule has 0 aliphatic rings. The van der Waals surface area contributed by atoms with Crippen LogP contribution in [0.15, 0.2) is 72.8 Å². The fraction of sp³-hybridized carbons (Fsp3) is 0.269. The van der Waals surface area contributed by atoms with Crippen LogP contribution in [0.1, 0.15) is 60.2 Å². The number of rotatable bonds is 6. The maximum Gasteiger partial charge on any atom is 0.163 e. The van der Waals surface area contributed by atoms with E-state index in [1.165, 1.54) is 5.56 Å². The number of methoxy groups -OCH3 is 1. The summed E-state index contributed by atoms with van der Waals surface area (Å²) in [4.78, 5) is 13.1. The molecule has 3 rings (SSSR count). The minimum absolute atomic E-state index is 0.0482. The zero-order valence-corrected chi connectivity index (χ0v) is 18.2. The average Bonchev–Trinajstić information content (AvgIpc) is 2.72. The minimum atomic E-state index is -0.0482. The maximum absolute atomic E-state index is 13.1. The Morgan fingerprint density at radius 2 is 1.38 bits per heavy atom. The van der Waals surface area contributed by atoms with Crippen LogP contribution in [-0.2, 0) is 5.41 Å². The normalized spacial score (nSPS) is 12.4. The van der Waals surface area contributed by atoms with Crippen LogP contribution < -0.4 is 4.74 Å². The lowest BCUT2D eigenvalue weighted by Gasteiger charge is -2.20. The molecule has 0 heterocycles. The van der Waals surface area contributed by atoms with Gasteiger partial charge in [-0.3, -0.25) is 4.79 Å². The van der Waals surface area contributed by atoms with Gasteiger partial charge in [-0.05, 0) is 46.4 Å². The van der Waals surface area contributed by atoms with E-state index in [1.54, 1.807) is 7.11 Å². The Morgan fingerprint density at radius 1 is 0.862 bits per heavy atom. The molecule has 1 atom stereocenters. The number of hydrogen-bond acceptors (Lipinski definition) is 2. The summed E-state index contributed by atoms with van der Waals surface area (Å²) in [6.45, 7) is 6.51. The number of hydrogen-bond donors (Lipinski definition) is 0. The van der Waals surface area contributed by atoms with Gasteiger partial charge in [0.15, 0.2) is 5.78 Å². The zero-order chi connectivity index (χ0) is 21.0. The van der Waals surface area contributed by atoms with Crippen molar-refractivity contribution in [1.82, 2.24) is 0 Å². The summed E-state index contributed by atoms with van der Waals surface area (Å²) >= 11 is 6.07. The van der Waals surface area contributed by atoms with Gasteiger partial charge in [0.25, 0.3) is 0 Å². The quantitative estimate of drug-likeness (QED) is 0.410. The standard InChI is InChI=1S/C26H27ClO2/c1-26(2,3)21-11-5-20(6-12-21)25(28)17-24(18-7-13-22(27)14-8-18)19-9-15-23(29-4)16-10-19/h5-16,24H,17H2,1-4H3. The Kier molecular flexibility index (Phi) is 6.44. The van der Waals surface area contributed by atoms with Crippen LogP contribution in [0.3, 0.4) is 0 Å². The summed E-state index contributed by atoms with van der Waals surface area (Å²) in [7, 11) is 1.65. The van der Waals surface area contributed by atoms with E-state index in [9.17, 15) is 4.79 Å². The molecule has 2 nitrogen and oxygen atoms in total. The number of carbonyl (C=O) groups is 1. The number of Topliss-reactive ketones (excluding diaryl/α,β-unsaturated/α-hetero) is 1. The number of ether oxygens (including phenoxy) is 1. The number of carbonyl (C=O) groups excluding carboxylic acids is 1. The first-order valence-corrected chi connectivity index (χ1v) is 10.2. The van der Waals surface area contributed by atoms with Crippen molar-refractivity contribution in [3.05, 3.63) is 100 Å². The zero-order valence-electron chi connectivity index (χ0n) is 17.4. The molecule has 0 aromatic heterocycles. The van der Waals surface area contributed by atoms with Gasteiger partial charge in [-0.2, -0.15) is 0 Å². The van der Waals surface area contributed by atoms with Crippen molar-refractivity contribution in [2.75, 3.05) is 7.11 Å². The number of halogens is 1. The van der Waals surface area contributed by atoms with Crippen molar-refractivity contribution in [3.63, 3.8) is 0 Å². The highest BCUT2D eigenvalue weighted by atomic mass is 35.5. The summed E-state index contributed by atoms with van der Waals surface area (Å²) in [6.07, 6.45) is 0.392. The van der Waals surface area contributed by atoms with Crippen LogP contribution in [0, 0.1) is 0 Å². The second-order valence-electron chi connectivity index (χ2n) is 8.33. The highest BCUT2D eigenvalue weighted by Gasteiger charge is 2.20. The third kappa shape index (κ3) is 5.27. The average molecular weight is 407 g/mol. The third-order valence-electron chi connectivity index (χ3n) is 5.25. The molecule has 0 saturated heterocycles. The van der Waals surface area contributed by atoms with Crippen molar-refractivity contribution < 1.29 is 9.53 Å². The fourth-order valence-electron chi connectivity index (χ4n) is 3.42. The van der Waals surface area contributed by atoms with Crippen LogP contribution >= 0.6 is 11.6 Å². The molecule has 0 spiro atoms. The molecule has 0 aliphatic heterocycles. The van der Waals surface area contributed by atoms with Gasteiger partial charge in [-0.15, -0.1) is 0 Å². The highest BCUT2D eigenvalue weighted by Crippen LogP contribution is 2.32. The molecule has 3 aromatic rings. The van der Waals surface area contributed by atoms with Crippen LogP contribution in [-0.4, -0.2) is 12.9 Å². The predicted octanol–water partition coefficient (Wildman–Crippen LogP) is 7.05. The largest absolute Gasteiger partial charge is 0.497 e. The molecule has 0 fully saturated rings. The van der Waals surface area contributed by atoms with Crippen LogP contribution in [0.4, 0.5) is 0 Å². The van der Waals surface area contributed by atoms with Crippen molar-refractivity contribution >= 4 is 17.4 Å². The molecule has 0 saturated carbocycles. The molecular formula is C26H27ClO2. The van der Waals surface area contributed by atoms with E-state index in [-0.39, 0.29) is 17.1 Å². The van der Waals surface area contributed by atoms with Gasteiger partial charge in [-0.1, -0.05) is 80.9 Å². The van der Waals surface area contributed by atoms with Crippen molar-refractivity contribution in [1.29, 1.82) is 0 Å². The summed E-state index contributed by atoms with van der Waals surface area (Å²) in [6, 6.07) is 23.6. The van der Waals surface area contributed by atoms with Crippen molar-refractivity contribution in [3.8, 4) is 5.75 Å². The van der Waals surface area contributed by atoms with E-state index in [2.05, 4.69) is 32.9 Å². The minimum Gasteiger partial charge on any atom is -0.497 e. The van der Waals surface area contributed by atoms with E-state index >= 15 is 0 Å². The van der Waals surface area contributed by atoms with E-state index in [0.29, 0.717) is 11.4 Å². The molecule has 3 heteroatoms. The first kappa shape index (κ1) is 21.1. The molecule has 0 bridgehead atoms. The first-order chi connectivity index (χ1) is 13.8. The Labute approximate surface area is 178 Å². The molecule has 0 amide bonds. The lowest BCUT2D eigenvalue weighted by molar-refractivity contribution is 0.0977. The fourth-order valence-corrected chi connectivity index (χ4v) is 3.54. The van der Waals surface area contributed by atoms with Crippen LogP contribution in [0.25, 0.3) is 0 Å². The van der Waals surface area contributed by atoms with Gasteiger partial charge in [0.2, 0.25) is 0 Å². The van der Waals surface area contributed by atoms with Crippen LogP contribution in [0.5, 0.6) is 5.75 Å². The molecule has 1 unspecified atom stereocenters. The highest BCUT2D eigenvalue weighted by molar-refractivity contribution is 6.30. The molecule has 29 heavy (non-hydrogen) atoms. The Hall–Kier alpha value is -2.58. The van der Waals surface area contributed by atoms with Gasteiger partial charge in [0.05, 0.1) is 7.11 Å². The van der Waals surface area contributed by atoms with Gasteiger partial charge in [0.1, 0.15) is 5.75 Å². The molecule has 3 aromatic carbocycles. The summed E-state index contributed by atoms with van der Waals surface area (Å²) in [5.41, 5.74) is 4.17. The Balaban J connectivity index is 1.89. The molecule has 0 aliphatic carbocycles. The lowest BCUT2D eigenvalue weighted by atomic mass is 9.84. The number of benzene rings is 3. The molecule has 0 radical (unpaired) electrons. The third-order valence-corrected chi connectivity index (χ3v) is 5.50. The molecule has 150 valence electrons. The number of ketones is 1. The Bertz CT molecular complexity index is 950. The lowest BCUT2D eigenvalue weighted by Crippen LogP contribution is -2.12. The van der Waals surface area contributed by atoms with E-state index in [4.69, 9.17) is 16.3 Å². The van der Waals surface area contributed by atoms with Crippen molar-refractivity contribution in [2.24, 2.45) is 0 Å². The summed E-state index contributed by atoms with van der Waals surface area (Å²) in [5.74, 6) is 0.877. The first-order valence-electron chi connectivity index (χ1n) is 9.81.